The fourth-order valence-electron chi connectivity index (χ4n) is 2.14. The minimum absolute atomic E-state index is 0.214. The second-order valence-corrected chi connectivity index (χ2v) is 5.14. The Morgan fingerprint density at radius 1 is 1.14 bits per heavy atom. The number of para-hydroxylation sites is 1. The SMILES string of the molecule is Cn1ccn(Cc2cc3ccccc3nc2Cl)c(=O)c1=O. The van der Waals surface area contributed by atoms with E-state index in [9.17, 15) is 9.59 Å². The van der Waals surface area contributed by atoms with Crippen molar-refractivity contribution in [2.24, 2.45) is 7.05 Å². The average Bonchev–Trinajstić information content (AvgIpc) is 2.48. The summed E-state index contributed by atoms with van der Waals surface area (Å²) in [5.41, 5.74) is 0.347. The van der Waals surface area contributed by atoms with E-state index >= 15 is 0 Å². The first kappa shape index (κ1) is 13.6. The van der Waals surface area contributed by atoms with Gasteiger partial charge in [0.05, 0.1) is 12.1 Å². The Labute approximate surface area is 125 Å². The lowest BCUT2D eigenvalue weighted by Crippen LogP contribution is -2.39. The first-order valence-electron chi connectivity index (χ1n) is 6.36. The summed E-state index contributed by atoms with van der Waals surface area (Å²) >= 11 is 6.17. The summed E-state index contributed by atoms with van der Waals surface area (Å²) in [6.45, 7) is 0.214. The molecule has 0 amide bonds. The van der Waals surface area contributed by atoms with Gasteiger partial charge < -0.3 is 9.13 Å². The van der Waals surface area contributed by atoms with Gasteiger partial charge in [0.25, 0.3) is 0 Å². The Morgan fingerprint density at radius 2 is 1.90 bits per heavy atom. The van der Waals surface area contributed by atoms with E-state index in [1.807, 2.05) is 30.3 Å². The Balaban J connectivity index is 2.10. The molecule has 0 atom stereocenters. The molecule has 3 rings (SSSR count). The Morgan fingerprint density at radius 3 is 2.71 bits per heavy atom. The van der Waals surface area contributed by atoms with E-state index in [1.54, 1.807) is 19.4 Å². The molecule has 5 nitrogen and oxygen atoms in total. The number of fused-ring (bicyclic) bond motifs is 1. The van der Waals surface area contributed by atoms with Gasteiger partial charge in [0.1, 0.15) is 5.15 Å². The van der Waals surface area contributed by atoms with E-state index in [0.29, 0.717) is 10.7 Å². The van der Waals surface area contributed by atoms with Gasteiger partial charge in [-0.2, -0.15) is 0 Å². The zero-order valence-corrected chi connectivity index (χ0v) is 12.0. The van der Waals surface area contributed by atoms with E-state index in [1.165, 1.54) is 9.13 Å². The lowest BCUT2D eigenvalue weighted by molar-refractivity contribution is 0.694. The van der Waals surface area contributed by atoms with Crippen molar-refractivity contribution in [1.82, 2.24) is 14.1 Å². The first-order chi connectivity index (χ1) is 10.1. The van der Waals surface area contributed by atoms with E-state index in [2.05, 4.69) is 4.98 Å². The van der Waals surface area contributed by atoms with Crippen LogP contribution < -0.4 is 11.1 Å². The molecule has 0 aliphatic heterocycles. The fourth-order valence-corrected chi connectivity index (χ4v) is 2.35. The molecule has 0 radical (unpaired) electrons. The average molecular weight is 302 g/mol. The monoisotopic (exact) mass is 301 g/mol. The van der Waals surface area contributed by atoms with E-state index in [4.69, 9.17) is 11.6 Å². The van der Waals surface area contributed by atoms with Crippen LogP contribution in [0.3, 0.4) is 0 Å². The molecule has 21 heavy (non-hydrogen) atoms. The van der Waals surface area contributed by atoms with Gasteiger partial charge in [-0.25, -0.2) is 4.98 Å². The summed E-state index contributed by atoms with van der Waals surface area (Å²) in [7, 11) is 1.54. The molecule has 0 fully saturated rings. The summed E-state index contributed by atoms with van der Waals surface area (Å²) in [5, 5.41) is 1.27. The van der Waals surface area contributed by atoms with E-state index in [-0.39, 0.29) is 6.54 Å². The minimum atomic E-state index is -0.579. The van der Waals surface area contributed by atoms with Crippen molar-refractivity contribution < 1.29 is 0 Å². The van der Waals surface area contributed by atoms with Crippen LogP contribution in [0.25, 0.3) is 10.9 Å². The second-order valence-electron chi connectivity index (χ2n) is 4.78. The molecule has 0 N–H and O–H groups in total. The highest BCUT2D eigenvalue weighted by atomic mass is 35.5. The van der Waals surface area contributed by atoms with Crippen molar-refractivity contribution >= 4 is 22.5 Å². The number of hydrogen-bond acceptors (Lipinski definition) is 3. The number of hydrogen-bond donors (Lipinski definition) is 0. The quantitative estimate of drug-likeness (QED) is 0.536. The summed E-state index contributed by atoms with van der Waals surface area (Å²) in [5.74, 6) is 0. The molecule has 0 aliphatic rings. The zero-order valence-electron chi connectivity index (χ0n) is 11.3. The largest absolute Gasteiger partial charge is 0.316 e. The molecule has 0 unspecified atom stereocenters. The minimum Gasteiger partial charge on any atom is -0.312 e. The second kappa shape index (κ2) is 5.18. The van der Waals surface area contributed by atoms with Crippen LogP contribution in [-0.4, -0.2) is 14.1 Å². The van der Waals surface area contributed by atoms with Gasteiger partial charge in [-0.3, -0.25) is 9.59 Å². The van der Waals surface area contributed by atoms with Gasteiger partial charge in [-0.1, -0.05) is 29.8 Å². The van der Waals surface area contributed by atoms with Crippen molar-refractivity contribution in [2.45, 2.75) is 6.54 Å². The molecule has 6 heteroatoms. The number of pyridine rings is 1. The summed E-state index contributed by atoms with van der Waals surface area (Å²) in [6.07, 6.45) is 3.11. The topological polar surface area (TPSA) is 56.9 Å². The highest BCUT2D eigenvalue weighted by molar-refractivity contribution is 6.30. The van der Waals surface area contributed by atoms with E-state index in [0.717, 1.165) is 10.9 Å². The predicted molar refractivity (Wildman–Crippen MR) is 81.8 cm³/mol. The highest BCUT2D eigenvalue weighted by Crippen LogP contribution is 2.20. The number of aryl methyl sites for hydroxylation is 1. The Hall–Kier alpha value is -2.40. The molecule has 0 saturated carbocycles. The van der Waals surface area contributed by atoms with Gasteiger partial charge >= 0.3 is 11.1 Å². The van der Waals surface area contributed by atoms with Crippen LogP contribution in [0, 0.1) is 0 Å². The molecule has 0 spiro atoms. The normalized spacial score (nSPS) is 11.0. The Bertz CT molecular complexity index is 944. The number of halogens is 1. The number of aromatic nitrogens is 3. The third-order valence-corrected chi connectivity index (χ3v) is 3.65. The molecular formula is C15H12ClN3O2. The fraction of sp³-hybridized carbons (Fsp3) is 0.133. The smallest absolute Gasteiger partial charge is 0.312 e. The van der Waals surface area contributed by atoms with Gasteiger partial charge in [0, 0.05) is 30.4 Å². The molecule has 2 heterocycles. The lowest BCUT2D eigenvalue weighted by atomic mass is 10.1. The number of rotatable bonds is 2. The van der Waals surface area contributed by atoms with Gasteiger partial charge in [-0.15, -0.1) is 0 Å². The van der Waals surface area contributed by atoms with Crippen molar-refractivity contribution in [3.63, 3.8) is 0 Å². The molecule has 106 valence electrons. The van der Waals surface area contributed by atoms with Crippen LogP contribution in [0.5, 0.6) is 0 Å². The van der Waals surface area contributed by atoms with Crippen molar-refractivity contribution in [1.29, 1.82) is 0 Å². The highest BCUT2D eigenvalue weighted by Gasteiger charge is 2.08. The maximum Gasteiger partial charge on any atom is 0.316 e. The maximum absolute atomic E-state index is 11.9. The number of nitrogens with zero attached hydrogens (tertiary/aromatic N) is 3. The summed E-state index contributed by atoms with van der Waals surface area (Å²) < 4.78 is 2.58. The maximum atomic E-state index is 11.9. The molecule has 1 aromatic carbocycles. The van der Waals surface area contributed by atoms with Crippen LogP contribution in [0.4, 0.5) is 0 Å². The van der Waals surface area contributed by atoms with Crippen molar-refractivity contribution in [3.05, 3.63) is 74.1 Å². The summed E-state index contributed by atoms with van der Waals surface area (Å²) in [6, 6.07) is 9.47. The van der Waals surface area contributed by atoms with Crippen molar-refractivity contribution in [2.75, 3.05) is 0 Å². The predicted octanol–water partition coefficient (Wildman–Crippen LogP) is 1.80. The van der Waals surface area contributed by atoms with Crippen LogP contribution in [0.1, 0.15) is 5.56 Å². The lowest BCUT2D eigenvalue weighted by Gasteiger charge is -2.09. The zero-order chi connectivity index (χ0) is 15.0. The third kappa shape index (κ3) is 2.48. The van der Waals surface area contributed by atoms with Gasteiger partial charge in [-0.05, 0) is 12.1 Å². The van der Waals surface area contributed by atoms with Crippen LogP contribution in [-0.2, 0) is 13.6 Å². The molecule has 0 saturated heterocycles. The van der Waals surface area contributed by atoms with Crippen LogP contribution in [0.2, 0.25) is 5.15 Å². The van der Waals surface area contributed by atoms with E-state index < -0.39 is 11.1 Å². The van der Waals surface area contributed by atoms with Gasteiger partial charge in [0.2, 0.25) is 0 Å². The van der Waals surface area contributed by atoms with Crippen molar-refractivity contribution in [3.8, 4) is 0 Å². The van der Waals surface area contributed by atoms with Crippen LogP contribution in [0.15, 0.2) is 52.3 Å². The molecule has 0 aliphatic carbocycles. The third-order valence-electron chi connectivity index (χ3n) is 3.33. The number of benzene rings is 1. The molecule has 2 aromatic heterocycles. The molecular weight excluding hydrogens is 290 g/mol. The molecule has 0 bridgehead atoms. The Kier molecular flexibility index (Phi) is 3.35. The summed E-state index contributed by atoms with van der Waals surface area (Å²) in [4.78, 5) is 27.9. The molecule has 3 aromatic rings. The standard InChI is InChI=1S/C15H12ClN3O2/c1-18-6-7-19(15(21)14(18)20)9-11-8-10-4-2-3-5-12(10)17-13(11)16/h2-8H,9H2,1H3. The van der Waals surface area contributed by atoms with Gasteiger partial charge in [0.15, 0.2) is 0 Å². The first-order valence-corrected chi connectivity index (χ1v) is 6.74. The van der Waals surface area contributed by atoms with Crippen LogP contribution >= 0.6 is 11.6 Å².